The molecule has 190 valence electrons. The number of aromatic nitrogens is 5. The average molecular weight is 575 g/mol. The number of phosphoric acid groups is 1. The van der Waals surface area contributed by atoms with Crippen molar-refractivity contribution in [3.05, 3.63) is 65.6 Å². The number of hydrogen-bond donors (Lipinski definition) is 2. The van der Waals surface area contributed by atoms with Gasteiger partial charge in [-0.3, -0.25) is 27.8 Å². The van der Waals surface area contributed by atoms with Crippen molar-refractivity contribution in [3.8, 4) is 11.3 Å². The van der Waals surface area contributed by atoms with Crippen LogP contribution in [-0.2, 0) is 41.3 Å². The van der Waals surface area contributed by atoms with E-state index in [0.717, 1.165) is 15.9 Å². The zero-order chi connectivity index (χ0) is 26.4. The number of phosphoric ester groups is 1. The highest BCUT2D eigenvalue weighted by Crippen LogP contribution is 2.37. The average Bonchev–Trinajstić information content (AvgIpc) is 3.40. The van der Waals surface area contributed by atoms with E-state index in [2.05, 4.69) is 14.5 Å². The highest BCUT2D eigenvalue weighted by Gasteiger charge is 2.19. The molecule has 0 saturated carbocycles. The zero-order valence-electron chi connectivity index (χ0n) is 18.5. The van der Waals surface area contributed by atoms with Crippen LogP contribution < -0.4 is 16.1 Å². The molecule has 0 aliphatic heterocycles. The van der Waals surface area contributed by atoms with Gasteiger partial charge in [0.15, 0.2) is 16.0 Å². The maximum Gasteiger partial charge on any atom is 0.471 e. The van der Waals surface area contributed by atoms with Crippen LogP contribution in [0.3, 0.4) is 0 Å². The van der Waals surface area contributed by atoms with Crippen LogP contribution in [0.4, 0.5) is 0 Å². The van der Waals surface area contributed by atoms with Gasteiger partial charge in [0.25, 0.3) is 11.5 Å². The third-order valence-electron chi connectivity index (χ3n) is 5.11. The monoisotopic (exact) mass is 574 g/mol. The summed E-state index contributed by atoms with van der Waals surface area (Å²) in [5.74, 6) is -0.697. The Kier molecular flexibility index (Phi) is 7.21. The number of thiazole rings is 1. The van der Waals surface area contributed by atoms with Gasteiger partial charge in [-0.25, -0.2) is 14.3 Å². The van der Waals surface area contributed by atoms with Gasteiger partial charge in [-0.15, -0.1) is 11.3 Å². The van der Waals surface area contributed by atoms with Crippen LogP contribution in [0.25, 0.3) is 22.4 Å². The van der Waals surface area contributed by atoms with Crippen LogP contribution in [0.2, 0.25) is 10.0 Å². The van der Waals surface area contributed by atoms with Gasteiger partial charge in [0.1, 0.15) is 13.3 Å². The lowest BCUT2D eigenvalue weighted by molar-refractivity contribution is -0.118. The fourth-order valence-corrected chi connectivity index (χ4v) is 4.84. The molecule has 13 nitrogen and oxygen atoms in total. The SMILES string of the molecule is Cn1c(=O)c2c(ncn2CC(=O)N=c2scc(-c3ccc(Cl)c(Cl)c3)n2COP(=O)(O)O)n(C)c1=O. The Labute approximate surface area is 215 Å². The van der Waals surface area contributed by atoms with Crippen molar-refractivity contribution in [1.29, 1.82) is 0 Å². The number of hydrogen-bond acceptors (Lipinski definition) is 7. The molecule has 0 aliphatic carbocycles. The Morgan fingerprint density at radius 1 is 1.19 bits per heavy atom. The molecule has 4 rings (SSSR count). The number of fused-ring (bicyclic) bond motifs is 1. The first-order valence-electron chi connectivity index (χ1n) is 9.89. The number of carbonyl (C=O) groups is 1. The number of imidazole rings is 1. The molecule has 3 heterocycles. The van der Waals surface area contributed by atoms with Crippen LogP contribution in [-0.4, -0.2) is 38.9 Å². The van der Waals surface area contributed by atoms with E-state index in [0.29, 0.717) is 16.3 Å². The molecule has 0 unspecified atom stereocenters. The fraction of sp³-hybridized carbons (Fsp3) is 0.211. The normalized spacial score (nSPS) is 12.6. The summed E-state index contributed by atoms with van der Waals surface area (Å²) >= 11 is 13.1. The quantitative estimate of drug-likeness (QED) is 0.327. The van der Waals surface area contributed by atoms with E-state index in [-0.39, 0.29) is 27.5 Å². The van der Waals surface area contributed by atoms with Crippen LogP contribution >= 0.6 is 42.4 Å². The van der Waals surface area contributed by atoms with Crippen molar-refractivity contribution in [2.45, 2.75) is 13.3 Å². The van der Waals surface area contributed by atoms with Gasteiger partial charge >= 0.3 is 13.5 Å². The second-order valence-electron chi connectivity index (χ2n) is 7.47. The molecule has 0 bridgehead atoms. The molecule has 0 spiro atoms. The molecule has 3 aromatic heterocycles. The summed E-state index contributed by atoms with van der Waals surface area (Å²) in [7, 11) is -2.08. The molecule has 4 aromatic rings. The summed E-state index contributed by atoms with van der Waals surface area (Å²) in [5, 5.41) is 2.16. The maximum absolute atomic E-state index is 12.8. The van der Waals surface area contributed by atoms with E-state index in [1.54, 1.807) is 23.6 Å². The number of benzene rings is 1. The second kappa shape index (κ2) is 9.90. The molecule has 1 aromatic carbocycles. The Balaban J connectivity index is 1.76. The summed E-state index contributed by atoms with van der Waals surface area (Å²) in [6, 6.07) is 4.72. The molecule has 36 heavy (non-hydrogen) atoms. The van der Waals surface area contributed by atoms with Gasteiger partial charge in [-0.1, -0.05) is 29.3 Å². The van der Waals surface area contributed by atoms with Gasteiger partial charge in [0, 0.05) is 25.0 Å². The standard InChI is InChI=1S/C19H17Cl2N6O7PS/c1-24-16-15(17(29)25(2)19(24)30)26(8-22-16)6-14(28)23-18-27(9-34-35(31,32)33)13(7-36-18)10-3-4-11(20)12(21)5-10/h3-5,7-8H,6,9H2,1-2H3,(H2,31,32,33). The molecular formula is C19H17Cl2N6O7PS. The fourth-order valence-electron chi connectivity index (χ4n) is 3.37. The summed E-state index contributed by atoms with van der Waals surface area (Å²) in [6.07, 6.45) is 1.25. The molecule has 2 N–H and O–H groups in total. The minimum atomic E-state index is -4.85. The summed E-state index contributed by atoms with van der Waals surface area (Å²) < 4.78 is 20.6. The first-order chi connectivity index (χ1) is 16.9. The zero-order valence-corrected chi connectivity index (χ0v) is 21.8. The second-order valence-corrected chi connectivity index (χ2v) is 10.4. The molecule has 17 heteroatoms. The summed E-state index contributed by atoms with van der Waals surface area (Å²) in [6.45, 7) is -1.00. The lowest BCUT2D eigenvalue weighted by Crippen LogP contribution is -2.37. The minimum absolute atomic E-state index is 0.0449. The Morgan fingerprint density at radius 3 is 2.58 bits per heavy atom. The number of nitrogens with zero attached hydrogens (tertiary/aromatic N) is 6. The number of aryl methyl sites for hydroxylation is 1. The maximum atomic E-state index is 12.8. The van der Waals surface area contributed by atoms with Gasteiger partial charge in [-0.2, -0.15) is 4.99 Å². The molecule has 1 amide bonds. The summed E-state index contributed by atoms with van der Waals surface area (Å²) in [5.41, 5.74) is -0.0817. The number of carbonyl (C=O) groups excluding carboxylic acids is 1. The number of rotatable bonds is 6. The van der Waals surface area contributed by atoms with Gasteiger partial charge in [-0.05, 0) is 12.1 Å². The van der Waals surface area contributed by atoms with E-state index in [1.165, 1.54) is 34.1 Å². The Bertz CT molecular complexity index is 1750. The molecule has 0 saturated heterocycles. The number of amides is 1. The third kappa shape index (κ3) is 5.15. The number of halogens is 2. The Morgan fingerprint density at radius 2 is 1.92 bits per heavy atom. The molecule has 0 atom stereocenters. The molecule has 0 aliphatic rings. The third-order valence-corrected chi connectivity index (χ3v) is 7.17. The predicted molar refractivity (Wildman–Crippen MR) is 132 cm³/mol. The van der Waals surface area contributed by atoms with Crippen LogP contribution in [0.1, 0.15) is 0 Å². The van der Waals surface area contributed by atoms with Crippen molar-refractivity contribution in [1.82, 2.24) is 23.3 Å². The van der Waals surface area contributed by atoms with Crippen LogP contribution in [0.5, 0.6) is 0 Å². The van der Waals surface area contributed by atoms with E-state index < -0.39 is 31.7 Å². The first-order valence-corrected chi connectivity index (χ1v) is 13.1. The first kappa shape index (κ1) is 26.2. The van der Waals surface area contributed by atoms with E-state index in [4.69, 9.17) is 23.2 Å². The lowest BCUT2D eigenvalue weighted by atomic mass is 10.2. The smallest absolute Gasteiger partial charge is 0.315 e. The lowest BCUT2D eigenvalue weighted by Gasteiger charge is -2.11. The van der Waals surface area contributed by atoms with Crippen LogP contribution in [0.15, 0.2) is 44.5 Å². The van der Waals surface area contributed by atoms with Crippen molar-refractivity contribution < 1.29 is 23.7 Å². The largest absolute Gasteiger partial charge is 0.471 e. The van der Waals surface area contributed by atoms with E-state index in [9.17, 15) is 28.7 Å². The highest BCUT2D eigenvalue weighted by molar-refractivity contribution is 7.46. The predicted octanol–water partition coefficient (Wildman–Crippen LogP) is 1.46. The Hall–Kier alpha value is -2.84. The molecule has 0 fully saturated rings. The highest BCUT2D eigenvalue weighted by atomic mass is 35.5. The molecular weight excluding hydrogens is 558 g/mol. The van der Waals surface area contributed by atoms with Gasteiger partial charge in [0.05, 0.1) is 22.1 Å². The van der Waals surface area contributed by atoms with Gasteiger partial charge in [0.2, 0.25) is 0 Å². The molecule has 0 radical (unpaired) electrons. The van der Waals surface area contributed by atoms with Crippen molar-refractivity contribution >= 4 is 59.4 Å². The topological polar surface area (TPSA) is 163 Å². The van der Waals surface area contributed by atoms with Crippen molar-refractivity contribution in [2.24, 2.45) is 19.1 Å². The van der Waals surface area contributed by atoms with Crippen molar-refractivity contribution in [3.63, 3.8) is 0 Å². The van der Waals surface area contributed by atoms with E-state index >= 15 is 0 Å². The van der Waals surface area contributed by atoms with E-state index in [1.807, 2.05) is 0 Å². The van der Waals surface area contributed by atoms with Crippen molar-refractivity contribution in [2.75, 3.05) is 0 Å². The minimum Gasteiger partial charge on any atom is -0.315 e. The summed E-state index contributed by atoms with van der Waals surface area (Å²) in [4.78, 5) is 64.1. The van der Waals surface area contributed by atoms with Crippen LogP contribution in [0, 0.1) is 0 Å². The van der Waals surface area contributed by atoms with Gasteiger partial charge < -0.3 is 14.4 Å².